The summed E-state index contributed by atoms with van der Waals surface area (Å²) >= 11 is 0. The Balaban J connectivity index is 0.00000320. The number of hydrogen-bond acceptors (Lipinski definition) is 3. The average Bonchev–Trinajstić information content (AvgIpc) is 3.26. The second-order valence-corrected chi connectivity index (χ2v) is 8.11. The first-order valence-corrected chi connectivity index (χ1v) is 10.9. The van der Waals surface area contributed by atoms with Crippen molar-refractivity contribution in [3.63, 3.8) is 0 Å². The summed E-state index contributed by atoms with van der Waals surface area (Å²) in [5.41, 5.74) is 2.61. The van der Waals surface area contributed by atoms with Crippen molar-refractivity contribution in [1.82, 2.24) is 24.7 Å². The lowest BCUT2D eigenvalue weighted by Gasteiger charge is -2.39. The summed E-state index contributed by atoms with van der Waals surface area (Å²) in [4.78, 5) is 13.9. The van der Waals surface area contributed by atoms with Gasteiger partial charge in [-0.1, -0.05) is 38.1 Å². The lowest BCUT2D eigenvalue weighted by Crippen LogP contribution is -2.49. The fourth-order valence-corrected chi connectivity index (χ4v) is 3.94. The SMILES string of the molecule is CCNC(=NCc1cccc(CN(C)CC)c1)N1CCC(C)C(n2ccnc2)C1.I. The van der Waals surface area contributed by atoms with Gasteiger partial charge in [0.15, 0.2) is 5.96 Å². The number of likely N-dealkylation sites (tertiary alicyclic amines) is 1. The third-order valence-corrected chi connectivity index (χ3v) is 5.86. The summed E-state index contributed by atoms with van der Waals surface area (Å²) in [6, 6.07) is 9.24. The minimum Gasteiger partial charge on any atom is -0.357 e. The molecule has 1 aromatic carbocycles. The highest BCUT2D eigenvalue weighted by atomic mass is 127. The molecule has 1 N–H and O–H groups in total. The smallest absolute Gasteiger partial charge is 0.194 e. The summed E-state index contributed by atoms with van der Waals surface area (Å²) in [5.74, 6) is 1.65. The molecule has 1 aliphatic rings. The Morgan fingerprint density at radius 2 is 2.10 bits per heavy atom. The number of nitrogens with zero attached hydrogens (tertiary/aromatic N) is 5. The van der Waals surface area contributed by atoms with Crippen molar-refractivity contribution in [3.8, 4) is 0 Å². The Kier molecular flexibility index (Phi) is 10.1. The highest BCUT2D eigenvalue weighted by Gasteiger charge is 2.28. The van der Waals surface area contributed by atoms with E-state index in [4.69, 9.17) is 4.99 Å². The van der Waals surface area contributed by atoms with Gasteiger partial charge in [0, 0.05) is 38.6 Å². The fourth-order valence-electron chi connectivity index (χ4n) is 3.94. The third kappa shape index (κ3) is 6.70. The van der Waals surface area contributed by atoms with E-state index in [0.29, 0.717) is 18.5 Å². The lowest BCUT2D eigenvalue weighted by molar-refractivity contribution is 0.189. The van der Waals surface area contributed by atoms with Gasteiger partial charge in [0.05, 0.1) is 18.9 Å². The number of nitrogens with one attached hydrogen (secondary N) is 1. The molecule has 1 saturated heterocycles. The van der Waals surface area contributed by atoms with E-state index in [-0.39, 0.29) is 24.0 Å². The molecule has 2 atom stereocenters. The largest absolute Gasteiger partial charge is 0.357 e. The Hall–Kier alpha value is -1.61. The summed E-state index contributed by atoms with van der Waals surface area (Å²) in [6.45, 7) is 12.3. The molecule has 0 saturated carbocycles. The van der Waals surface area contributed by atoms with Gasteiger partial charge in [-0.2, -0.15) is 0 Å². The van der Waals surface area contributed by atoms with Crippen LogP contribution in [0.15, 0.2) is 48.0 Å². The molecule has 2 unspecified atom stereocenters. The van der Waals surface area contributed by atoms with Crippen LogP contribution in [0.2, 0.25) is 0 Å². The molecule has 0 aliphatic carbocycles. The van der Waals surface area contributed by atoms with Crippen LogP contribution in [0.4, 0.5) is 0 Å². The molecule has 0 radical (unpaired) electrons. The van der Waals surface area contributed by atoms with Crippen molar-refractivity contribution in [2.45, 2.75) is 46.3 Å². The number of rotatable bonds is 7. The monoisotopic (exact) mass is 524 g/mol. The second-order valence-electron chi connectivity index (χ2n) is 8.11. The third-order valence-electron chi connectivity index (χ3n) is 5.86. The summed E-state index contributed by atoms with van der Waals surface area (Å²) < 4.78 is 2.24. The first-order chi connectivity index (χ1) is 14.1. The number of guanidine groups is 1. The molecule has 0 amide bonds. The van der Waals surface area contributed by atoms with Crippen molar-refractivity contribution >= 4 is 29.9 Å². The van der Waals surface area contributed by atoms with E-state index in [1.54, 1.807) is 0 Å². The van der Waals surface area contributed by atoms with Crippen molar-refractivity contribution in [2.24, 2.45) is 10.9 Å². The van der Waals surface area contributed by atoms with Gasteiger partial charge >= 0.3 is 0 Å². The molecule has 1 fully saturated rings. The number of benzene rings is 1. The van der Waals surface area contributed by atoms with E-state index in [9.17, 15) is 0 Å². The Morgan fingerprint density at radius 3 is 2.80 bits per heavy atom. The van der Waals surface area contributed by atoms with Crippen molar-refractivity contribution < 1.29 is 0 Å². The fraction of sp³-hybridized carbons (Fsp3) is 0.565. The number of aromatic nitrogens is 2. The molecule has 6 nitrogen and oxygen atoms in total. The van der Waals surface area contributed by atoms with E-state index in [0.717, 1.165) is 45.1 Å². The lowest BCUT2D eigenvalue weighted by atomic mass is 9.93. The summed E-state index contributed by atoms with van der Waals surface area (Å²) in [7, 11) is 2.15. The molecule has 166 valence electrons. The van der Waals surface area contributed by atoms with Crippen LogP contribution in [-0.2, 0) is 13.1 Å². The number of imidazole rings is 1. The van der Waals surface area contributed by atoms with Gasteiger partial charge in [-0.3, -0.25) is 0 Å². The van der Waals surface area contributed by atoms with Crippen LogP contribution in [-0.4, -0.2) is 58.5 Å². The molecule has 30 heavy (non-hydrogen) atoms. The zero-order valence-corrected chi connectivity index (χ0v) is 21.1. The molecule has 0 bridgehead atoms. The van der Waals surface area contributed by atoms with Gasteiger partial charge in [0.25, 0.3) is 0 Å². The minimum absolute atomic E-state index is 0. The molecule has 2 aromatic rings. The van der Waals surface area contributed by atoms with E-state index in [2.05, 4.69) is 82.9 Å². The molecule has 7 heteroatoms. The van der Waals surface area contributed by atoms with Crippen molar-refractivity contribution in [3.05, 3.63) is 54.1 Å². The van der Waals surface area contributed by atoms with Crippen LogP contribution in [0, 0.1) is 5.92 Å². The first-order valence-electron chi connectivity index (χ1n) is 10.9. The van der Waals surface area contributed by atoms with Crippen LogP contribution in [0.3, 0.4) is 0 Å². The summed E-state index contributed by atoms with van der Waals surface area (Å²) in [5, 5.41) is 3.50. The van der Waals surface area contributed by atoms with Crippen LogP contribution in [0.5, 0.6) is 0 Å². The highest BCUT2D eigenvalue weighted by molar-refractivity contribution is 14.0. The van der Waals surface area contributed by atoms with Gasteiger partial charge in [-0.15, -0.1) is 24.0 Å². The van der Waals surface area contributed by atoms with Crippen LogP contribution in [0.25, 0.3) is 0 Å². The molecule has 3 rings (SSSR count). The number of halogens is 1. The van der Waals surface area contributed by atoms with Gasteiger partial charge in [0.2, 0.25) is 0 Å². The van der Waals surface area contributed by atoms with Crippen molar-refractivity contribution in [2.75, 3.05) is 33.2 Å². The van der Waals surface area contributed by atoms with E-state index in [1.165, 1.54) is 11.1 Å². The van der Waals surface area contributed by atoms with E-state index < -0.39 is 0 Å². The van der Waals surface area contributed by atoms with Gasteiger partial charge < -0.3 is 19.7 Å². The number of piperidine rings is 1. The standard InChI is InChI=1S/C23H36N6.HI/c1-5-25-23(26-15-20-8-7-9-21(14-20)16-27(4)6-2)28-12-10-19(3)22(17-28)29-13-11-24-18-29;/h7-9,11,13-14,18-19,22H,5-6,10,12,15-17H2,1-4H3,(H,25,26);1H. The molecular formula is C23H37IN6. The molecule has 0 spiro atoms. The Morgan fingerprint density at radius 1 is 1.30 bits per heavy atom. The molecule has 2 heterocycles. The Bertz CT molecular complexity index is 776. The topological polar surface area (TPSA) is 48.7 Å². The quantitative estimate of drug-likeness (QED) is 0.338. The number of aliphatic imine (C=N–C) groups is 1. The Labute approximate surface area is 198 Å². The first kappa shape index (κ1) is 24.7. The molecule has 1 aromatic heterocycles. The van der Waals surface area contributed by atoms with E-state index in [1.807, 2.05) is 12.5 Å². The van der Waals surface area contributed by atoms with Gasteiger partial charge in [-0.25, -0.2) is 9.98 Å². The van der Waals surface area contributed by atoms with Crippen molar-refractivity contribution in [1.29, 1.82) is 0 Å². The van der Waals surface area contributed by atoms with Crippen LogP contribution >= 0.6 is 24.0 Å². The molecular weight excluding hydrogens is 487 g/mol. The van der Waals surface area contributed by atoms with Gasteiger partial charge in [-0.05, 0) is 44.0 Å². The predicted molar refractivity (Wildman–Crippen MR) is 135 cm³/mol. The normalized spacial score (nSPS) is 19.6. The minimum atomic E-state index is 0. The van der Waals surface area contributed by atoms with E-state index >= 15 is 0 Å². The van der Waals surface area contributed by atoms with Crippen LogP contribution in [0.1, 0.15) is 44.4 Å². The maximum Gasteiger partial charge on any atom is 0.194 e. The molecule has 1 aliphatic heterocycles. The number of hydrogen-bond donors (Lipinski definition) is 1. The summed E-state index contributed by atoms with van der Waals surface area (Å²) in [6.07, 6.45) is 7.04. The average molecular weight is 524 g/mol. The predicted octanol–water partition coefficient (Wildman–Crippen LogP) is 4.00. The highest BCUT2D eigenvalue weighted by Crippen LogP contribution is 2.27. The second kappa shape index (κ2) is 12.3. The van der Waals surface area contributed by atoms with Gasteiger partial charge in [0.1, 0.15) is 0 Å². The zero-order valence-electron chi connectivity index (χ0n) is 18.8. The zero-order chi connectivity index (χ0) is 20.6. The van der Waals surface area contributed by atoms with Crippen LogP contribution < -0.4 is 5.32 Å². The maximum atomic E-state index is 4.98. The maximum absolute atomic E-state index is 4.98.